The van der Waals surface area contributed by atoms with Gasteiger partial charge in [-0.3, -0.25) is 9.69 Å². The van der Waals surface area contributed by atoms with E-state index < -0.39 is 0 Å². The number of carbonyl (C=O) groups excluding carboxylic acids is 1. The molecule has 7 heteroatoms. The van der Waals surface area contributed by atoms with Gasteiger partial charge in [0, 0.05) is 59.1 Å². The van der Waals surface area contributed by atoms with Gasteiger partial charge in [-0.2, -0.15) is 0 Å². The molecule has 8 bridgehead atoms. The molecule has 32 heavy (non-hydrogen) atoms. The van der Waals surface area contributed by atoms with E-state index in [1.54, 1.807) is 11.3 Å². The van der Waals surface area contributed by atoms with Crippen LogP contribution in [0, 0.1) is 0 Å². The van der Waals surface area contributed by atoms with E-state index in [4.69, 9.17) is 4.98 Å². The van der Waals surface area contributed by atoms with Crippen LogP contribution < -0.4 is 5.32 Å². The molecule has 1 unspecified atom stereocenters. The minimum atomic E-state index is -0.153. The van der Waals surface area contributed by atoms with Crippen LogP contribution in [0.15, 0.2) is 48.7 Å². The molecule has 162 valence electrons. The Bertz CT molecular complexity index is 1360. The van der Waals surface area contributed by atoms with Crippen LogP contribution in [0.4, 0.5) is 11.6 Å². The molecule has 4 heterocycles. The van der Waals surface area contributed by atoms with E-state index >= 15 is 0 Å². The Morgan fingerprint density at radius 1 is 1.06 bits per heavy atom. The summed E-state index contributed by atoms with van der Waals surface area (Å²) in [7, 11) is 0. The van der Waals surface area contributed by atoms with Crippen molar-refractivity contribution in [2.24, 2.45) is 0 Å². The molecular formula is C25H25N5OS. The molecule has 0 radical (unpaired) electrons. The van der Waals surface area contributed by atoms with Gasteiger partial charge in [0.25, 0.3) is 5.91 Å². The van der Waals surface area contributed by atoms with Crippen molar-refractivity contribution in [2.45, 2.75) is 25.8 Å². The van der Waals surface area contributed by atoms with Gasteiger partial charge in [0.2, 0.25) is 5.95 Å². The highest BCUT2D eigenvalue weighted by atomic mass is 32.1. The highest BCUT2D eigenvalue weighted by Gasteiger charge is 2.32. The summed E-state index contributed by atoms with van der Waals surface area (Å²) in [6, 6.07) is 14.6. The Balaban J connectivity index is 1.56. The second-order valence-corrected chi connectivity index (χ2v) is 10.2. The van der Waals surface area contributed by atoms with Crippen molar-refractivity contribution in [3.8, 4) is 0 Å². The van der Waals surface area contributed by atoms with Crippen LogP contribution in [0.3, 0.4) is 0 Å². The lowest BCUT2D eigenvalue weighted by Crippen LogP contribution is -2.44. The first-order valence-electron chi connectivity index (χ1n) is 11.1. The molecule has 2 aliphatic heterocycles. The van der Waals surface area contributed by atoms with E-state index in [1.165, 1.54) is 5.56 Å². The third-order valence-electron chi connectivity index (χ3n) is 6.86. The van der Waals surface area contributed by atoms with Crippen LogP contribution in [-0.2, 0) is 5.54 Å². The number of rotatable bonds is 0. The van der Waals surface area contributed by atoms with E-state index in [2.05, 4.69) is 59.4 Å². The summed E-state index contributed by atoms with van der Waals surface area (Å²) in [5.74, 6) is 0.689. The van der Waals surface area contributed by atoms with Gasteiger partial charge >= 0.3 is 0 Å². The Morgan fingerprint density at radius 3 is 2.88 bits per heavy atom. The van der Waals surface area contributed by atoms with Gasteiger partial charge in [-0.15, -0.1) is 11.3 Å². The van der Waals surface area contributed by atoms with Crippen molar-refractivity contribution in [1.29, 1.82) is 0 Å². The van der Waals surface area contributed by atoms with Gasteiger partial charge in [0.15, 0.2) is 0 Å². The average molecular weight is 444 g/mol. The second kappa shape index (κ2) is 7.25. The Morgan fingerprint density at radius 2 is 1.97 bits per heavy atom. The second-order valence-electron chi connectivity index (χ2n) is 9.12. The van der Waals surface area contributed by atoms with E-state index in [1.807, 2.05) is 23.2 Å². The molecule has 1 fully saturated rings. The van der Waals surface area contributed by atoms with Crippen molar-refractivity contribution in [2.75, 3.05) is 31.5 Å². The smallest absolute Gasteiger partial charge is 0.264 e. The predicted octanol–water partition coefficient (Wildman–Crippen LogP) is 4.98. The number of thiophene rings is 1. The number of fused-ring (bicyclic) bond motifs is 7. The Kier molecular flexibility index (Phi) is 4.45. The fourth-order valence-corrected chi connectivity index (χ4v) is 5.93. The number of nitrogens with zero attached hydrogens (tertiary/aromatic N) is 4. The third-order valence-corrected chi connectivity index (χ3v) is 7.95. The van der Waals surface area contributed by atoms with Crippen molar-refractivity contribution in [3.63, 3.8) is 0 Å². The molecule has 1 N–H and O–H groups in total. The minimum Gasteiger partial charge on any atom is -0.337 e. The van der Waals surface area contributed by atoms with Crippen LogP contribution in [0.5, 0.6) is 0 Å². The number of hydrogen-bond donors (Lipinski definition) is 1. The molecule has 6 nitrogen and oxygen atoms in total. The van der Waals surface area contributed by atoms with Gasteiger partial charge in [-0.05, 0) is 56.2 Å². The van der Waals surface area contributed by atoms with Gasteiger partial charge in [0.05, 0.1) is 10.4 Å². The summed E-state index contributed by atoms with van der Waals surface area (Å²) in [5, 5.41) is 5.39. The van der Waals surface area contributed by atoms with Crippen molar-refractivity contribution in [3.05, 3.63) is 59.1 Å². The molecule has 0 spiro atoms. The van der Waals surface area contributed by atoms with Gasteiger partial charge in [-0.25, -0.2) is 9.97 Å². The lowest BCUT2D eigenvalue weighted by molar-refractivity contribution is 0.0748. The van der Waals surface area contributed by atoms with Crippen molar-refractivity contribution < 1.29 is 4.79 Å². The number of carbonyl (C=O) groups is 1. The largest absolute Gasteiger partial charge is 0.337 e. The van der Waals surface area contributed by atoms with Gasteiger partial charge < -0.3 is 10.2 Å². The molecule has 4 aromatic rings. The summed E-state index contributed by atoms with van der Waals surface area (Å²) in [6.07, 6.45) is 2.82. The van der Waals surface area contributed by atoms with E-state index in [0.29, 0.717) is 5.95 Å². The number of aromatic nitrogens is 2. The van der Waals surface area contributed by atoms with E-state index in [0.717, 1.165) is 64.2 Å². The normalized spacial score (nSPS) is 20.4. The van der Waals surface area contributed by atoms with Crippen molar-refractivity contribution >= 4 is 49.9 Å². The number of nitrogens with one attached hydrogen (secondary N) is 1. The van der Waals surface area contributed by atoms with Crippen LogP contribution in [0.25, 0.3) is 21.0 Å². The average Bonchev–Trinajstić information content (AvgIpc) is 3.08. The Hall–Kier alpha value is -3.03. The molecule has 1 saturated heterocycles. The summed E-state index contributed by atoms with van der Waals surface area (Å²) in [6.45, 7) is 7.87. The molecular weight excluding hydrogens is 418 g/mol. The lowest BCUT2D eigenvalue weighted by Gasteiger charge is -2.38. The zero-order valence-corrected chi connectivity index (χ0v) is 19.1. The Labute approximate surface area is 190 Å². The van der Waals surface area contributed by atoms with Crippen LogP contribution >= 0.6 is 11.3 Å². The van der Waals surface area contributed by atoms with Crippen LogP contribution in [0.1, 0.15) is 35.5 Å². The van der Waals surface area contributed by atoms with E-state index in [9.17, 15) is 4.79 Å². The maximum absolute atomic E-state index is 13.4. The molecule has 0 saturated carbocycles. The molecule has 2 aromatic carbocycles. The zero-order chi connectivity index (χ0) is 21.9. The lowest BCUT2D eigenvalue weighted by atomic mass is 9.91. The van der Waals surface area contributed by atoms with Gasteiger partial charge in [-0.1, -0.05) is 12.1 Å². The molecule has 2 aromatic heterocycles. The third kappa shape index (κ3) is 3.15. The molecule has 6 rings (SSSR count). The van der Waals surface area contributed by atoms with Gasteiger partial charge in [0.1, 0.15) is 0 Å². The molecule has 1 atom stereocenters. The number of hydrogen-bond acceptors (Lipinski definition) is 6. The SMILES string of the molecule is CC1(C)c2cccc(c2)Nc2ncc3ccc4sc(cc4c3n2)C(=O)N2CCCN1CC2. The minimum absolute atomic E-state index is 0.125. The highest BCUT2D eigenvalue weighted by Crippen LogP contribution is 2.34. The fraction of sp³-hybridized carbons (Fsp3) is 0.320. The summed E-state index contributed by atoms with van der Waals surface area (Å²) < 4.78 is 1.08. The number of amides is 1. The summed E-state index contributed by atoms with van der Waals surface area (Å²) in [5.41, 5.74) is 2.94. The maximum atomic E-state index is 13.4. The number of benzene rings is 2. The highest BCUT2D eigenvalue weighted by molar-refractivity contribution is 7.21. The first-order chi connectivity index (χ1) is 15.5. The van der Waals surface area contributed by atoms with E-state index in [-0.39, 0.29) is 11.4 Å². The zero-order valence-electron chi connectivity index (χ0n) is 18.3. The fourth-order valence-electron chi connectivity index (χ4n) is 4.90. The van der Waals surface area contributed by atoms with Crippen LogP contribution in [-0.4, -0.2) is 51.9 Å². The topological polar surface area (TPSA) is 61.4 Å². The van der Waals surface area contributed by atoms with Crippen molar-refractivity contribution in [1.82, 2.24) is 19.8 Å². The maximum Gasteiger partial charge on any atom is 0.264 e. The molecule has 1 amide bonds. The molecule has 2 aliphatic rings. The first-order valence-corrected chi connectivity index (χ1v) is 11.9. The number of anilines is 2. The first kappa shape index (κ1) is 19.6. The monoisotopic (exact) mass is 443 g/mol. The predicted molar refractivity (Wildman–Crippen MR) is 130 cm³/mol. The summed E-state index contributed by atoms with van der Waals surface area (Å²) in [4.78, 5) is 28.1. The standard InChI is InChI=1S/C25H25N5OS/c1-25(2)17-5-3-6-18(13-17)27-24-26-15-16-7-8-20-19(22(16)28-24)14-21(32-20)23(31)29-9-4-10-30(25)12-11-29/h3,5-8,13-15H,4,9-12H2,1-2H3,(H,26,27,28). The molecule has 0 aliphatic carbocycles. The van der Waals surface area contributed by atoms with Crippen LogP contribution in [0.2, 0.25) is 0 Å². The quantitative estimate of drug-likeness (QED) is 0.415. The summed E-state index contributed by atoms with van der Waals surface area (Å²) >= 11 is 1.56.